The molecule has 124 valence electrons. The summed E-state index contributed by atoms with van der Waals surface area (Å²) in [6.07, 6.45) is 0. The van der Waals surface area contributed by atoms with Crippen LogP contribution in [0.5, 0.6) is 0 Å². The van der Waals surface area contributed by atoms with Gasteiger partial charge in [-0.15, -0.1) is 0 Å². The van der Waals surface area contributed by atoms with Crippen molar-refractivity contribution in [1.82, 2.24) is 9.80 Å². The van der Waals surface area contributed by atoms with Crippen LogP contribution >= 0.6 is 11.6 Å². The number of piperazine rings is 1. The van der Waals surface area contributed by atoms with E-state index in [9.17, 15) is 0 Å². The van der Waals surface area contributed by atoms with Crippen molar-refractivity contribution in [2.75, 3.05) is 38.5 Å². The first-order valence-corrected chi connectivity index (χ1v) is 8.27. The number of aliphatic imine (C=N–C) groups is 1. The monoisotopic (exact) mass is 406 g/mol. The molecule has 2 aromatic rings. The molecule has 0 saturated carbocycles. The Morgan fingerprint density at radius 2 is 1.75 bits per heavy atom. The van der Waals surface area contributed by atoms with Crippen LogP contribution in [0, 0.1) is 0 Å². The number of para-hydroxylation sites is 1. The summed E-state index contributed by atoms with van der Waals surface area (Å²) in [5.74, 6) is 1.03. The fourth-order valence-electron chi connectivity index (χ4n) is 3.07. The zero-order valence-electron chi connectivity index (χ0n) is 13.5. The van der Waals surface area contributed by atoms with E-state index < -0.39 is 0 Å². The van der Waals surface area contributed by atoms with Crippen molar-refractivity contribution in [2.45, 2.75) is 0 Å². The van der Waals surface area contributed by atoms with Crippen molar-refractivity contribution in [3.63, 3.8) is 0 Å². The van der Waals surface area contributed by atoms with Gasteiger partial charge >= 0.3 is 0 Å². The van der Waals surface area contributed by atoms with Gasteiger partial charge in [0.05, 0.1) is 11.4 Å². The number of amidine groups is 1. The van der Waals surface area contributed by atoms with Crippen molar-refractivity contribution < 1.29 is 0 Å². The molecule has 24 heavy (non-hydrogen) atoms. The van der Waals surface area contributed by atoms with Gasteiger partial charge < -0.3 is 15.1 Å². The zero-order chi connectivity index (χ0) is 15.8. The van der Waals surface area contributed by atoms with Gasteiger partial charge in [-0.2, -0.15) is 0 Å². The standard InChI is InChI=1S/C18H19ClN4.Se/c1-22-8-10-23(11-9-22)18-14-4-2-3-5-15(14)20-16-7-6-13(19)12-17(16)21-18;/h2-7,12,20H,8-11H2,1H3;. The van der Waals surface area contributed by atoms with Crippen LogP contribution in [0.25, 0.3) is 0 Å². The quantitative estimate of drug-likeness (QED) is 0.682. The van der Waals surface area contributed by atoms with Gasteiger partial charge in [0.15, 0.2) is 0 Å². The van der Waals surface area contributed by atoms with Crippen molar-refractivity contribution in [1.29, 1.82) is 0 Å². The van der Waals surface area contributed by atoms with Crippen molar-refractivity contribution in [2.24, 2.45) is 4.99 Å². The predicted molar refractivity (Wildman–Crippen MR) is 102 cm³/mol. The van der Waals surface area contributed by atoms with Crippen LogP contribution in [0.3, 0.4) is 0 Å². The molecule has 2 aliphatic heterocycles. The molecule has 1 saturated heterocycles. The summed E-state index contributed by atoms with van der Waals surface area (Å²) in [5, 5.41) is 4.20. The summed E-state index contributed by atoms with van der Waals surface area (Å²) in [6, 6.07) is 14.2. The topological polar surface area (TPSA) is 30.9 Å². The number of fused-ring (bicyclic) bond motifs is 2. The summed E-state index contributed by atoms with van der Waals surface area (Å²) in [6.45, 7) is 4.08. The summed E-state index contributed by atoms with van der Waals surface area (Å²) in [4.78, 5) is 9.69. The number of likely N-dealkylation sites (N-methyl/N-ethyl adjacent to an activating group) is 1. The molecular formula is C18H19ClN4Se. The van der Waals surface area contributed by atoms with Crippen molar-refractivity contribution >= 4 is 51.6 Å². The maximum absolute atomic E-state index is 6.18. The third-order valence-electron chi connectivity index (χ3n) is 4.43. The number of hydrogen-bond acceptors (Lipinski definition) is 4. The number of rotatable bonds is 0. The van der Waals surface area contributed by atoms with Gasteiger partial charge in [-0.3, -0.25) is 0 Å². The fraction of sp³-hybridized carbons (Fsp3) is 0.278. The van der Waals surface area contributed by atoms with Gasteiger partial charge in [0, 0.05) is 59.5 Å². The first kappa shape index (κ1) is 17.3. The Morgan fingerprint density at radius 3 is 2.54 bits per heavy atom. The summed E-state index contributed by atoms with van der Waals surface area (Å²) >= 11 is 6.18. The smallest absolute Gasteiger partial charge is 0.138 e. The normalized spacial score (nSPS) is 16.9. The number of nitrogens with zero attached hydrogens (tertiary/aromatic N) is 3. The van der Waals surface area contributed by atoms with Crippen LogP contribution in [0.4, 0.5) is 17.1 Å². The Balaban J connectivity index is 0.00000169. The van der Waals surface area contributed by atoms with Crippen LogP contribution in [0.1, 0.15) is 5.56 Å². The molecule has 2 aromatic carbocycles. The molecule has 6 heteroatoms. The van der Waals surface area contributed by atoms with E-state index in [0.717, 1.165) is 54.6 Å². The van der Waals surface area contributed by atoms with Gasteiger partial charge in [-0.1, -0.05) is 23.7 Å². The number of benzene rings is 2. The van der Waals surface area contributed by atoms with E-state index in [4.69, 9.17) is 16.6 Å². The SMILES string of the molecule is CN1CCN(C2=Nc3cc(Cl)ccc3Nc3ccccc32)CC1.[Se]. The molecule has 2 radical (unpaired) electrons. The minimum absolute atomic E-state index is 0. The first-order chi connectivity index (χ1) is 11.2. The second kappa shape index (κ2) is 7.16. The Labute approximate surface area is 158 Å². The zero-order valence-corrected chi connectivity index (χ0v) is 16.0. The summed E-state index contributed by atoms with van der Waals surface area (Å²) in [5.41, 5.74) is 4.12. The molecule has 1 fully saturated rings. The maximum atomic E-state index is 6.18. The van der Waals surface area contributed by atoms with E-state index in [1.165, 1.54) is 0 Å². The Hall–Kier alpha value is -1.52. The molecule has 2 aliphatic rings. The molecule has 4 nitrogen and oxygen atoms in total. The van der Waals surface area contributed by atoms with Crippen molar-refractivity contribution in [3.8, 4) is 0 Å². The van der Waals surface area contributed by atoms with E-state index in [1.54, 1.807) is 0 Å². The van der Waals surface area contributed by atoms with E-state index in [2.05, 4.69) is 40.4 Å². The Bertz CT molecular complexity index is 769. The molecular weight excluding hydrogens is 387 g/mol. The van der Waals surface area contributed by atoms with Gasteiger partial charge in [0.25, 0.3) is 0 Å². The summed E-state index contributed by atoms with van der Waals surface area (Å²) < 4.78 is 0. The van der Waals surface area contributed by atoms with Crippen LogP contribution in [-0.4, -0.2) is 65.9 Å². The Morgan fingerprint density at radius 1 is 1.00 bits per heavy atom. The fourth-order valence-corrected chi connectivity index (χ4v) is 3.24. The molecule has 0 unspecified atom stereocenters. The van der Waals surface area contributed by atoms with Crippen LogP contribution < -0.4 is 5.32 Å². The third-order valence-corrected chi connectivity index (χ3v) is 4.66. The molecule has 0 spiro atoms. The molecule has 0 amide bonds. The molecule has 0 aliphatic carbocycles. The minimum Gasteiger partial charge on any atom is -0.353 e. The van der Waals surface area contributed by atoms with Gasteiger partial charge in [0.2, 0.25) is 0 Å². The van der Waals surface area contributed by atoms with Crippen molar-refractivity contribution in [3.05, 3.63) is 53.1 Å². The second-order valence-electron chi connectivity index (χ2n) is 6.06. The Kier molecular flexibility index (Phi) is 5.16. The minimum atomic E-state index is 0. The average Bonchev–Trinajstić information content (AvgIpc) is 2.72. The van der Waals surface area contributed by atoms with Gasteiger partial charge in [-0.25, -0.2) is 4.99 Å². The molecule has 0 aromatic heterocycles. The van der Waals surface area contributed by atoms with Gasteiger partial charge in [-0.05, 0) is 37.4 Å². The van der Waals surface area contributed by atoms with Gasteiger partial charge in [0.1, 0.15) is 5.84 Å². The van der Waals surface area contributed by atoms with Crippen LogP contribution in [0.2, 0.25) is 5.02 Å². The number of halogens is 1. The molecule has 4 rings (SSSR count). The largest absolute Gasteiger partial charge is 0.353 e. The molecule has 1 N–H and O–H groups in total. The molecule has 0 bridgehead atoms. The van der Waals surface area contributed by atoms with Crippen LogP contribution in [-0.2, 0) is 0 Å². The van der Waals surface area contributed by atoms with E-state index in [0.29, 0.717) is 5.02 Å². The average molecular weight is 406 g/mol. The number of nitrogens with one attached hydrogen (secondary N) is 1. The van der Waals surface area contributed by atoms with E-state index in [1.807, 2.05) is 24.3 Å². The molecule has 2 heterocycles. The maximum Gasteiger partial charge on any atom is 0.138 e. The number of hydrogen-bond donors (Lipinski definition) is 1. The first-order valence-electron chi connectivity index (χ1n) is 7.89. The third kappa shape index (κ3) is 3.31. The summed E-state index contributed by atoms with van der Waals surface area (Å²) in [7, 11) is 2.16. The molecule has 0 atom stereocenters. The number of anilines is 2. The predicted octanol–water partition coefficient (Wildman–Crippen LogP) is 3.34. The van der Waals surface area contributed by atoms with Crippen LogP contribution in [0.15, 0.2) is 47.5 Å². The second-order valence-corrected chi connectivity index (χ2v) is 6.49. The van der Waals surface area contributed by atoms with E-state index >= 15 is 0 Å². The van der Waals surface area contributed by atoms with E-state index in [-0.39, 0.29) is 17.1 Å².